The third kappa shape index (κ3) is 4.62. The number of aliphatic carboxylic acids is 1. The molecule has 1 aliphatic rings. The Kier molecular flexibility index (Phi) is 5.77. The highest BCUT2D eigenvalue weighted by atomic mass is 32.2. The van der Waals surface area contributed by atoms with E-state index in [4.69, 9.17) is 4.74 Å². The average molecular weight is 382 g/mol. The van der Waals surface area contributed by atoms with Gasteiger partial charge in [0.25, 0.3) is 0 Å². The molecule has 144 valence electrons. The first-order valence-electron chi connectivity index (χ1n) is 8.49. The van der Waals surface area contributed by atoms with Crippen LogP contribution in [0.1, 0.15) is 39.7 Å². The summed E-state index contributed by atoms with van der Waals surface area (Å²) < 4.78 is 24.3. The molecule has 1 aromatic carbocycles. The minimum absolute atomic E-state index is 0.0243. The highest BCUT2D eigenvalue weighted by Crippen LogP contribution is 2.31. The smallest absolute Gasteiger partial charge is 0.443 e. The first kappa shape index (κ1) is 20.4. The fraction of sp³-hybridized carbons (Fsp3) is 0.556. The topological polar surface area (TPSA) is 96.3 Å². The molecule has 0 saturated carbocycles. The second-order valence-electron chi connectivity index (χ2n) is 7.68. The molecule has 1 aliphatic heterocycles. The normalized spacial score (nSPS) is 23.3. The zero-order chi connectivity index (χ0) is 19.7. The molecule has 1 amide bonds. The number of carboxylic acid groups (broad SMARTS) is 1. The van der Waals surface area contributed by atoms with Crippen molar-refractivity contribution in [1.82, 2.24) is 4.31 Å². The van der Waals surface area contributed by atoms with Crippen molar-refractivity contribution in [3.8, 4) is 0 Å². The maximum atomic E-state index is 13.9. The molecule has 7 nitrogen and oxygen atoms in total. The van der Waals surface area contributed by atoms with Crippen molar-refractivity contribution in [3.05, 3.63) is 29.8 Å². The molecule has 0 unspecified atom stereocenters. The van der Waals surface area contributed by atoms with E-state index in [-0.39, 0.29) is 12.5 Å². The number of carbonyl (C=O) groups excluding carboxylic acids is 1. The predicted molar refractivity (Wildman–Crippen MR) is 98.2 cm³/mol. The lowest BCUT2D eigenvalue weighted by Crippen LogP contribution is -2.41. The summed E-state index contributed by atoms with van der Waals surface area (Å²) in [6.07, 6.45) is -0.617. The van der Waals surface area contributed by atoms with Crippen molar-refractivity contribution in [2.45, 2.75) is 57.6 Å². The van der Waals surface area contributed by atoms with Crippen molar-refractivity contribution in [2.24, 2.45) is 10.3 Å². The van der Waals surface area contributed by atoms with E-state index in [1.807, 2.05) is 13.8 Å². The number of nitrogens with zero attached hydrogens (tertiary/aromatic N) is 2. The number of hydrogen-bond donors (Lipinski definition) is 1. The number of benzene rings is 1. The molecule has 0 spiro atoms. The fourth-order valence-corrected chi connectivity index (χ4v) is 5.03. The molecule has 1 heterocycles. The summed E-state index contributed by atoms with van der Waals surface area (Å²) in [6.45, 7) is 9.10. The summed E-state index contributed by atoms with van der Waals surface area (Å²) in [4.78, 5) is 24.3. The number of rotatable bonds is 3. The Morgan fingerprint density at radius 1 is 1.27 bits per heavy atom. The second-order valence-corrected chi connectivity index (χ2v) is 9.79. The van der Waals surface area contributed by atoms with Crippen molar-refractivity contribution in [3.63, 3.8) is 0 Å². The molecule has 2 rings (SSSR count). The summed E-state index contributed by atoms with van der Waals surface area (Å²) in [5.41, 5.74) is 0.163. The Bertz CT molecular complexity index is 804. The van der Waals surface area contributed by atoms with Crippen LogP contribution in [0.4, 0.5) is 4.79 Å². The Balaban J connectivity index is 2.59. The molecule has 0 bridgehead atoms. The summed E-state index contributed by atoms with van der Waals surface area (Å²) in [5.74, 6) is -1.05. The molecular formula is C18H26N2O5S. The van der Waals surface area contributed by atoms with E-state index in [0.717, 1.165) is 5.56 Å². The fourth-order valence-electron chi connectivity index (χ4n) is 2.84. The van der Waals surface area contributed by atoms with Gasteiger partial charge in [0, 0.05) is 6.54 Å². The van der Waals surface area contributed by atoms with Gasteiger partial charge in [0.15, 0.2) is 9.92 Å². The molecule has 1 fully saturated rings. The lowest BCUT2D eigenvalue weighted by molar-refractivity contribution is -0.140. The van der Waals surface area contributed by atoms with Crippen LogP contribution in [-0.2, 0) is 19.4 Å². The number of aryl methyl sites for hydroxylation is 1. The summed E-state index contributed by atoms with van der Waals surface area (Å²) in [6, 6.07) is 5.79. The standard InChI is InChI=1S/C18H26N2O5S/c1-12-6-8-14(9-7-12)26(24,19-17(23)25-18(3,4)5)20-11-13(2)10-15(20)16(21)22/h6-9,13,15H,10-11H2,1-5H3,(H,21,22)/t13-,15-,26+/m0/s1. The Hall–Kier alpha value is -1.93. The van der Waals surface area contributed by atoms with E-state index in [1.54, 1.807) is 45.0 Å². The Morgan fingerprint density at radius 3 is 2.35 bits per heavy atom. The third-order valence-electron chi connectivity index (χ3n) is 3.99. The molecule has 3 atom stereocenters. The van der Waals surface area contributed by atoms with Crippen molar-refractivity contribution in [1.29, 1.82) is 0 Å². The molecule has 0 aliphatic carbocycles. The highest BCUT2D eigenvalue weighted by molar-refractivity contribution is 7.91. The van der Waals surface area contributed by atoms with Crippen LogP contribution in [0.5, 0.6) is 0 Å². The van der Waals surface area contributed by atoms with Crippen molar-refractivity contribution < 1.29 is 23.6 Å². The zero-order valence-corrected chi connectivity index (χ0v) is 16.6. The molecular weight excluding hydrogens is 356 g/mol. The van der Waals surface area contributed by atoms with Crippen LogP contribution in [0.3, 0.4) is 0 Å². The average Bonchev–Trinajstić information content (AvgIpc) is 2.88. The summed E-state index contributed by atoms with van der Waals surface area (Å²) >= 11 is 0. The largest absolute Gasteiger partial charge is 0.480 e. The number of amides is 1. The number of carboxylic acids is 1. The maximum absolute atomic E-state index is 13.9. The zero-order valence-electron chi connectivity index (χ0n) is 15.8. The van der Waals surface area contributed by atoms with Gasteiger partial charge < -0.3 is 9.84 Å². The van der Waals surface area contributed by atoms with Gasteiger partial charge in [0.05, 0.1) is 4.90 Å². The van der Waals surface area contributed by atoms with Crippen molar-refractivity contribution in [2.75, 3.05) is 6.54 Å². The van der Waals surface area contributed by atoms with Gasteiger partial charge in [-0.2, -0.15) is 4.31 Å². The van der Waals surface area contributed by atoms with E-state index in [9.17, 15) is 18.9 Å². The van der Waals surface area contributed by atoms with Gasteiger partial charge in [0.2, 0.25) is 0 Å². The summed E-state index contributed by atoms with van der Waals surface area (Å²) in [7, 11) is -3.46. The van der Waals surface area contributed by atoms with E-state index >= 15 is 0 Å². The van der Waals surface area contributed by atoms with Gasteiger partial charge in [0.1, 0.15) is 11.6 Å². The molecule has 1 saturated heterocycles. The number of ether oxygens (including phenoxy) is 1. The van der Waals surface area contributed by atoms with E-state index < -0.39 is 33.6 Å². The van der Waals surface area contributed by atoms with Crippen LogP contribution >= 0.6 is 0 Å². The van der Waals surface area contributed by atoms with Crippen molar-refractivity contribution >= 4 is 22.0 Å². The van der Waals surface area contributed by atoms with Gasteiger partial charge in [-0.25, -0.2) is 9.00 Å². The Labute approximate surface area is 154 Å². The highest BCUT2D eigenvalue weighted by Gasteiger charge is 2.42. The maximum Gasteiger partial charge on any atom is 0.443 e. The van der Waals surface area contributed by atoms with E-state index in [1.165, 1.54) is 4.31 Å². The quantitative estimate of drug-likeness (QED) is 0.863. The number of hydrogen-bond acceptors (Lipinski definition) is 4. The van der Waals surface area contributed by atoms with Gasteiger partial charge >= 0.3 is 12.1 Å². The number of carbonyl (C=O) groups is 2. The van der Waals surface area contributed by atoms with Crippen LogP contribution in [0.15, 0.2) is 33.5 Å². The SMILES string of the molecule is Cc1ccc([S@@](=O)(=NC(=O)OC(C)(C)C)N2C[C@@H](C)C[C@H]2C(=O)O)cc1. The first-order valence-corrected chi connectivity index (χ1v) is 9.96. The minimum Gasteiger partial charge on any atom is -0.480 e. The monoisotopic (exact) mass is 382 g/mol. The van der Waals surface area contributed by atoms with Crippen LogP contribution in [0.25, 0.3) is 0 Å². The van der Waals surface area contributed by atoms with Gasteiger partial charge in [-0.3, -0.25) is 4.79 Å². The molecule has 0 aromatic heterocycles. The van der Waals surface area contributed by atoms with Gasteiger partial charge in [-0.1, -0.05) is 24.6 Å². The molecule has 1 aromatic rings. The van der Waals surface area contributed by atoms with Gasteiger partial charge in [-0.15, -0.1) is 4.36 Å². The molecule has 26 heavy (non-hydrogen) atoms. The van der Waals surface area contributed by atoms with Gasteiger partial charge in [-0.05, 0) is 52.2 Å². The van der Waals surface area contributed by atoms with E-state index in [0.29, 0.717) is 11.3 Å². The van der Waals surface area contributed by atoms with Crippen LogP contribution in [0, 0.1) is 12.8 Å². The molecule has 0 radical (unpaired) electrons. The lowest BCUT2D eigenvalue weighted by atomic mass is 10.1. The molecule has 1 N–H and O–H groups in total. The van der Waals surface area contributed by atoms with Crippen LogP contribution in [0.2, 0.25) is 0 Å². The predicted octanol–water partition coefficient (Wildman–Crippen LogP) is 3.47. The van der Waals surface area contributed by atoms with Crippen LogP contribution < -0.4 is 0 Å². The lowest BCUT2D eigenvalue weighted by Gasteiger charge is -2.26. The minimum atomic E-state index is -3.46. The molecule has 8 heteroatoms. The summed E-state index contributed by atoms with van der Waals surface area (Å²) in [5, 5.41) is 9.55. The third-order valence-corrected chi connectivity index (χ3v) is 6.31. The van der Waals surface area contributed by atoms with Crippen LogP contribution in [-0.4, -0.2) is 43.9 Å². The van der Waals surface area contributed by atoms with E-state index in [2.05, 4.69) is 4.36 Å². The second kappa shape index (κ2) is 7.36. The Morgan fingerprint density at radius 2 is 1.85 bits per heavy atom. The first-order chi connectivity index (χ1) is 11.9.